The number of ether oxygens (including phenoxy) is 2. The molecule has 0 aliphatic heterocycles. The van der Waals surface area contributed by atoms with Gasteiger partial charge in [0.15, 0.2) is 0 Å². The molecule has 1 N–H and O–H groups in total. The maximum Gasteiger partial charge on any atom is 0.244 e. The van der Waals surface area contributed by atoms with Crippen molar-refractivity contribution in [3.63, 3.8) is 0 Å². The summed E-state index contributed by atoms with van der Waals surface area (Å²) in [6.45, 7) is 3.96. The van der Waals surface area contributed by atoms with Gasteiger partial charge in [0.25, 0.3) is 0 Å². The zero-order valence-electron chi connectivity index (χ0n) is 18.8. The summed E-state index contributed by atoms with van der Waals surface area (Å²) in [7, 11) is 3.69. The van der Waals surface area contributed by atoms with Crippen molar-refractivity contribution in [1.29, 1.82) is 0 Å². The summed E-state index contributed by atoms with van der Waals surface area (Å²) in [6.07, 6.45) is 6.58. The molecule has 0 aliphatic carbocycles. The second kappa shape index (κ2) is 11.8. The predicted octanol–water partition coefficient (Wildman–Crippen LogP) is 4.52. The van der Waals surface area contributed by atoms with E-state index in [1.165, 1.54) is 6.08 Å². The molecule has 1 amide bonds. The van der Waals surface area contributed by atoms with Crippen LogP contribution in [0.2, 0.25) is 0 Å². The number of hydrogen-bond donors (Lipinski definition) is 1. The number of carbonyl (C=O) groups is 1. The maximum absolute atomic E-state index is 12.1. The molecule has 0 bridgehead atoms. The van der Waals surface area contributed by atoms with Crippen LogP contribution < -0.4 is 14.8 Å². The molecule has 0 saturated heterocycles. The standard InChI is InChI=1S/C26H30N2O4/c1-20(16-27-26(29)12-9-21-7-10-24(30-3)11-8-21)32-25-6-4-5-22(15-25)17-28(2)18-23-13-14-31-19-23/h4-15,19-20H,16-18H2,1-3H3,(H,27,29). The number of rotatable bonds is 11. The third kappa shape index (κ3) is 7.63. The molecule has 1 aromatic heterocycles. The predicted molar refractivity (Wildman–Crippen MR) is 125 cm³/mol. The summed E-state index contributed by atoms with van der Waals surface area (Å²) in [5, 5.41) is 2.87. The van der Waals surface area contributed by atoms with Crippen LogP contribution in [0.3, 0.4) is 0 Å². The van der Waals surface area contributed by atoms with Crippen LogP contribution >= 0.6 is 0 Å². The Kier molecular flexibility index (Phi) is 8.52. The molecule has 1 unspecified atom stereocenters. The van der Waals surface area contributed by atoms with Crippen LogP contribution in [0.4, 0.5) is 0 Å². The molecule has 6 heteroatoms. The fourth-order valence-corrected chi connectivity index (χ4v) is 3.24. The van der Waals surface area contributed by atoms with Crippen molar-refractivity contribution in [1.82, 2.24) is 10.2 Å². The van der Waals surface area contributed by atoms with Gasteiger partial charge in [0.05, 0.1) is 26.2 Å². The lowest BCUT2D eigenvalue weighted by molar-refractivity contribution is -0.116. The zero-order valence-corrected chi connectivity index (χ0v) is 18.8. The molecule has 1 atom stereocenters. The number of carbonyl (C=O) groups excluding carboxylic acids is 1. The van der Waals surface area contributed by atoms with E-state index >= 15 is 0 Å². The van der Waals surface area contributed by atoms with Crippen LogP contribution in [0.1, 0.15) is 23.6 Å². The quantitative estimate of drug-likeness (QED) is 0.450. The van der Waals surface area contributed by atoms with Crippen molar-refractivity contribution in [2.45, 2.75) is 26.1 Å². The fourth-order valence-electron chi connectivity index (χ4n) is 3.24. The number of benzene rings is 2. The lowest BCUT2D eigenvalue weighted by Crippen LogP contribution is -2.32. The van der Waals surface area contributed by atoms with Gasteiger partial charge in [0, 0.05) is 24.7 Å². The van der Waals surface area contributed by atoms with E-state index in [0.717, 1.165) is 41.3 Å². The Morgan fingerprint density at radius 3 is 2.59 bits per heavy atom. The number of hydrogen-bond acceptors (Lipinski definition) is 5. The summed E-state index contributed by atoms with van der Waals surface area (Å²) >= 11 is 0. The largest absolute Gasteiger partial charge is 0.497 e. The lowest BCUT2D eigenvalue weighted by atomic mass is 10.2. The highest BCUT2D eigenvalue weighted by Gasteiger charge is 2.08. The van der Waals surface area contributed by atoms with Crippen molar-refractivity contribution >= 4 is 12.0 Å². The van der Waals surface area contributed by atoms with E-state index in [-0.39, 0.29) is 12.0 Å². The normalized spacial score (nSPS) is 12.1. The van der Waals surface area contributed by atoms with E-state index in [1.807, 2.05) is 55.5 Å². The van der Waals surface area contributed by atoms with Crippen LogP contribution in [0.25, 0.3) is 6.08 Å². The van der Waals surface area contributed by atoms with E-state index in [9.17, 15) is 4.79 Å². The van der Waals surface area contributed by atoms with E-state index in [2.05, 4.69) is 23.3 Å². The highest BCUT2D eigenvalue weighted by molar-refractivity contribution is 5.91. The van der Waals surface area contributed by atoms with Crippen LogP contribution in [-0.4, -0.2) is 37.6 Å². The van der Waals surface area contributed by atoms with Gasteiger partial charge in [0.1, 0.15) is 17.6 Å². The Labute approximate surface area is 189 Å². The monoisotopic (exact) mass is 434 g/mol. The van der Waals surface area contributed by atoms with Gasteiger partial charge in [-0.25, -0.2) is 0 Å². The Morgan fingerprint density at radius 2 is 1.88 bits per heavy atom. The van der Waals surface area contributed by atoms with Crippen LogP contribution in [0, 0.1) is 0 Å². The van der Waals surface area contributed by atoms with Gasteiger partial charge < -0.3 is 19.2 Å². The first-order chi connectivity index (χ1) is 15.5. The molecule has 0 radical (unpaired) electrons. The van der Waals surface area contributed by atoms with Gasteiger partial charge in [0.2, 0.25) is 5.91 Å². The summed E-state index contributed by atoms with van der Waals surface area (Å²) in [6, 6.07) is 17.5. The fraction of sp³-hybridized carbons (Fsp3) is 0.269. The molecule has 0 saturated carbocycles. The number of furan rings is 1. The topological polar surface area (TPSA) is 63.9 Å². The SMILES string of the molecule is COc1ccc(C=CC(=O)NCC(C)Oc2cccc(CN(C)Cc3ccoc3)c2)cc1. The Bertz CT molecular complexity index is 997. The molecule has 6 nitrogen and oxygen atoms in total. The minimum absolute atomic E-state index is 0.160. The van der Waals surface area contributed by atoms with Crippen molar-refractivity contribution in [3.05, 3.63) is 89.9 Å². The number of methoxy groups -OCH3 is 1. The van der Waals surface area contributed by atoms with E-state index in [0.29, 0.717) is 6.54 Å². The van der Waals surface area contributed by atoms with Crippen molar-refractivity contribution in [2.24, 2.45) is 0 Å². The summed E-state index contributed by atoms with van der Waals surface area (Å²) in [5.74, 6) is 1.41. The number of amides is 1. The van der Waals surface area contributed by atoms with Crippen molar-refractivity contribution in [3.8, 4) is 11.5 Å². The summed E-state index contributed by atoms with van der Waals surface area (Å²) in [4.78, 5) is 14.3. The average molecular weight is 435 g/mol. The second-order valence-electron chi connectivity index (χ2n) is 7.73. The zero-order chi connectivity index (χ0) is 22.8. The van der Waals surface area contributed by atoms with E-state index < -0.39 is 0 Å². The maximum atomic E-state index is 12.1. The van der Waals surface area contributed by atoms with Gasteiger partial charge in [-0.1, -0.05) is 24.3 Å². The molecule has 32 heavy (non-hydrogen) atoms. The molecule has 2 aromatic carbocycles. The molecule has 168 valence electrons. The van der Waals surface area contributed by atoms with Crippen LogP contribution in [0.5, 0.6) is 11.5 Å². The highest BCUT2D eigenvalue weighted by Crippen LogP contribution is 2.17. The van der Waals surface area contributed by atoms with Gasteiger partial charge in [-0.3, -0.25) is 9.69 Å². The Morgan fingerprint density at radius 1 is 1.09 bits per heavy atom. The molecular formula is C26H30N2O4. The van der Waals surface area contributed by atoms with Gasteiger partial charge in [-0.15, -0.1) is 0 Å². The van der Waals surface area contributed by atoms with Crippen molar-refractivity contribution in [2.75, 3.05) is 20.7 Å². The first kappa shape index (κ1) is 23.2. The third-order valence-corrected chi connectivity index (χ3v) is 4.83. The Hall–Kier alpha value is -3.51. The second-order valence-corrected chi connectivity index (χ2v) is 7.73. The Balaban J connectivity index is 1.43. The van der Waals surface area contributed by atoms with Gasteiger partial charge >= 0.3 is 0 Å². The third-order valence-electron chi connectivity index (χ3n) is 4.83. The number of nitrogens with one attached hydrogen (secondary N) is 1. The highest BCUT2D eigenvalue weighted by atomic mass is 16.5. The van der Waals surface area contributed by atoms with Crippen molar-refractivity contribution < 1.29 is 18.7 Å². The first-order valence-electron chi connectivity index (χ1n) is 10.6. The molecule has 0 fully saturated rings. The number of nitrogens with zero attached hydrogens (tertiary/aromatic N) is 1. The molecule has 0 aliphatic rings. The molecular weight excluding hydrogens is 404 g/mol. The molecule has 3 rings (SSSR count). The van der Waals surface area contributed by atoms with Crippen LogP contribution in [-0.2, 0) is 17.9 Å². The lowest BCUT2D eigenvalue weighted by Gasteiger charge is -2.18. The summed E-state index contributed by atoms with van der Waals surface area (Å²) in [5.41, 5.74) is 3.23. The molecule has 3 aromatic rings. The van der Waals surface area contributed by atoms with E-state index in [4.69, 9.17) is 13.9 Å². The minimum Gasteiger partial charge on any atom is -0.497 e. The molecule has 0 spiro atoms. The minimum atomic E-state index is -0.161. The van der Waals surface area contributed by atoms with E-state index in [1.54, 1.807) is 25.7 Å². The summed E-state index contributed by atoms with van der Waals surface area (Å²) < 4.78 is 16.3. The van der Waals surface area contributed by atoms with Crippen LogP contribution in [0.15, 0.2) is 77.6 Å². The molecule has 1 heterocycles. The van der Waals surface area contributed by atoms with Gasteiger partial charge in [-0.05, 0) is 61.5 Å². The van der Waals surface area contributed by atoms with Gasteiger partial charge in [-0.2, -0.15) is 0 Å². The first-order valence-corrected chi connectivity index (χ1v) is 10.6. The average Bonchev–Trinajstić information content (AvgIpc) is 3.29. The smallest absolute Gasteiger partial charge is 0.244 e.